The lowest BCUT2D eigenvalue weighted by molar-refractivity contribution is 0.0531. The van der Waals surface area contributed by atoms with Crippen molar-refractivity contribution in [2.75, 3.05) is 12.4 Å². The summed E-state index contributed by atoms with van der Waals surface area (Å²) in [6, 6.07) is 1.77. The number of furan rings is 1. The van der Waals surface area contributed by atoms with Crippen LogP contribution < -0.4 is 11.4 Å². The minimum atomic E-state index is -0.454. The minimum Gasteiger partial charge on any atom is -0.469 e. The highest BCUT2D eigenvalue weighted by Gasteiger charge is 2.23. The molecule has 0 fully saturated rings. The molecule has 162 valence electrons. The number of thioether (sulfide) groups is 1. The van der Waals surface area contributed by atoms with Gasteiger partial charge in [0.05, 0.1) is 29.1 Å². The van der Waals surface area contributed by atoms with Crippen molar-refractivity contribution in [2.24, 2.45) is 0 Å². The van der Waals surface area contributed by atoms with E-state index in [1.807, 2.05) is 13.8 Å². The summed E-state index contributed by atoms with van der Waals surface area (Å²) < 4.78 is 11.8. The molecule has 31 heavy (non-hydrogen) atoms. The Morgan fingerprint density at radius 1 is 1.42 bits per heavy atom. The predicted molar refractivity (Wildman–Crippen MR) is 118 cm³/mol. The highest BCUT2D eigenvalue weighted by Crippen LogP contribution is 2.35. The Morgan fingerprint density at radius 3 is 2.87 bits per heavy atom. The van der Waals surface area contributed by atoms with Crippen molar-refractivity contribution < 1.29 is 13.9 Å². The number of aryl methyl sites for hydroxylation is 2. The van der Waals surface area contributed by atoms with Gasteiger partial charge in [-0.2, -0.15) is 0 Å². The Morgan fingerprint density at radius 2 is 2.19 bits per heavy atom. The van der Waals surface area contributed by atoms with Crippen LogP contribution in [-0.2, 0) is 4.74 Å². The third-order valence-electron chi connectivity index (χ3n) is 4.71. The number of carbonyl (C=O) groups is 1. The number of aromatic amines is 1. The van der Waals surface area contributed by atoms with Crippen LogP contribution in [0, 0.1) is 13.8 Å². The number of aromatic nitrogens is 5. The first-order chi connectivity index (χ1) is 14.8. The fourth-order valence-corrected chi connectivity index (χ4v) is 5.03. The number of H-pyrrole nitrogens is 1. The molecule has 4 rings (SSSR count). The number of nitrogens with one attached hydrogen (secondary N) is 1. The molecule has 0 saturated heterocycles. The largest absolute Gasteiger partial charge is 0.469 e. The molecule has 0 aliphatic heterocycles. The first-order valence-electron chi connectivity index (χ1n) is 9.43. The highest BCUT2D eigenvalue weighted by molar-refractivity contribution is 7.99. The van der Waals surface area contributed by atoms with Gasteiger partial charge in [0.2, 0.25) is 5.16 Å². The van der Waals surface area contributed by atoms with E-state index in [1.54, 1.807) is 26.2 Å². The Hall–Kier alpha value is -3.12. The quantitative estimate of drug-likeness (QED) is 0.252. The summed E-state index contributed by atoms with van der Waals surface area (Å²) in [5.74, 6) is 7.34. The summed E-state index contributed by atoms with van der Waals surface area (Å²) in [6.45, 7) is 7.40. The first-order valence-corrected chi connectivity index (χ1v) is 11.1. The number of esters is 1. The second-order valence-corrected chi connectivity index (χ2v) is 9.04. The number of nitrogen functional groups attached to an aromatic ring is 1. The van der Waals surface area contributed by atoms with Gasteiger partial charge in [0.1, 0.15) is 21.3 Å². The van der Waals surface area contributed by atoms with E-state index < -0.39 is 5.97 Å². The number of nitrogens with zero attached hydrogens (tertiary/aromatic N) is 4. The Bertz CT molecular complexity index is 1340. The van der Waals surface area contributed by atoms with Crippen molar-refractivity contribution in [3.05, 3.63) is 44.7 Å². The Balaban J connectivity index is 1.65. The molecular weight excluding hydrogens is 440 g/mol. The molecule has 0 aliphatic rings. The number of hydrogen-bond acceptors (Lipinski definition) is 10. The molecule has 3 N–H and O–H groups in total. The Labute approximate surface area is 184 Å². The van der Waals surface area contributed by atoms with E-state index in [1.165, 1.54) is 16.4 Å². The molecule has 4 heterocycles. The molecule has 4 aromatic heterocycles. The smallest absolute Gasteiger partial charge is 0.348 e. The molecule has 4 aromatic rings. The minimum absolute atomic E-state index is 0.259. The summed E-state index contributed by atoms with van der Waals surface area (Å²) >= 11 is 2.45. The molecule has 0 spiro atoms. The van der Waals surface area contributed by atoms with Gasteiger partial charge in [0.25, 0.3) is 5.56 Å². The molecule has 12 heteroatoms. The molecule has 0 radical (unpaired) electrons. The summed E-state index contributed by atoms with van der Waals surface area (Å²) in [7, 11) is 0. The second kappa shape index (κ2) is 8.19. The zero-order valence-corrected chi connectivity index (χ0v) is 18.9. The van der Waals surface area contributed by atoms with Crippen molar-refractivity contribution in [3.8, 4) is 11.4 Å². The van der Waals surface area contributed by atoms with Crippen molar-refractivity contribution >= 4 is 39.3 Å². The van der Waals surface area contributed by atoms with Crippen molar-refractivity contribution in [1.82, 2.24) is 24.8 Å². The van der Waals surface area contributed by atoms with E-state index in [9.17, 15) is 9.59 Å². The second-order valence-electron chi connectivity index (χ2n) is 6.73. The molecule has 1 unspecified atom stereocenters. The van der Waals surface area contributed by atoms with Crippen molar-refractivity contribution in [1.29, 1.82) is 0 Å². The molecule has 0 amide bonds. The third-order valence-corrected chi connectivity index (χ3v) is 6.94. The number of ether oxygens (including phenoxy) is 1. The highest BCUT2D eigenvalue weighted by atomic mass is 32.2. The lowest BCUT2D eigenvalue weighted by atomic mass is 10.2. The number of hydrogen-bond donors (Lipinski definition) is 2. The van der Waals surface area contributed by atoms with Gasteiger partial charge < -0.3 is 20.0 Å². The van der Waals surface area contributed by atoms with Crippen molar-refractivity contribution in [2.45, 2.75) is 38.1 Å². The zero-order valence-electron chi connectivity index (χ0n) is 17.3. The normalized spacial score (nSPS) is 12.4. The fraction of sp³-hybridized carbons (Fsp3) is 0.316. The number of carbonyl (C=O) groups excluding carboxylic acids is 1. The van der Waals surface area contributed by atoms with Crippen LogP contribution in [0.1, 0.15) is 45.9 Å². The maximum absolute atomic E-state index is 12.7. The fourth-order valence-electron chi connectivity index (χ4n) is 3.12. The number of rotatable bonds is 6. The van der Waals surface area contributed by atoms with Gasteiger partial charge in [-0.25, -0.2) is 14.5 Å². The molecular formula is C19H20N6O4S2. The monoisotopic (exact) mass is 460 g/mol. The maximum Gasteiger partial charge on any atom is 0.348 e. The topological polar surface area (TPSA) is 142 Å². The van der Waals surface area contributed by atoms with Crippen molar-refractivity contribution in [3.63, 3.8) is 0 Å². The number of fused-ring (bicyclic) bond motifs is 1. The summed E-state index contributed by atoms with van der Waals surface area (Å²) in [5.41, 5.74) is 1.02. The summed E-state index contributed by atoms with van der Waals surface area (Å²) in [6.07, 6.45) is 1.56. The predicted octanol–water partition coefficient (Wildman–Crippen LogP) is 3.20. The van der Waals surface area contributed by atoms with E-state index >= 15 is 0 Å². The van der Waals surface area contributed by atoms with Crippen LogP contribution in [0.4, 0.5) is 0 Å². The van der Waals surface area contributed by atoms with Gasteiger partial charge in [-0.05, 0) is 39.3 Å². The van der Waals surface area contributed by atoms with Gasteiger partial charge in [0.15, 0.2) is 5.82 Å². The van der Waals surface area contributed by atoms with Gasteiger partial charge >= 0.3 is 5.97 Å². The van der Waals surface area contributed by atoms with Crippen LogP contribution in [0.5, 0.6) is 0 Å². The summed E-state index contributed by atoms with van der Waals surface area (Å²) in [4.78, 5) is 33.1. The van der Waals surface area contributed by atoms with Crippen LogP contribution in [0.3, 0.4) is 0 Å². The van der Waals surface area contributed by atoms with Crippen LogP contribution in [0.15, 0.2) is 26.7 Å². The van der Waals surface area contributed by atoms with Gasteiger partial charge in [-0.15, -0.1) is 21.5 Å². The molecule has 0 saturated carbocycles. The van der Waals surface area contributed by atoms with Crippen LogP contribution in [0.25, 0.3) is 21.6 Å². The van der Waals surface area contributed by atoms with Gasteiger partial charge in [-0.1, -0.05) is 11.8 Å². The van der Waals surface area contributed by atoms with Gasteiger partial charge in [-0.3, -0.25) is 4.79 Å². The van der Waals surface area contributed by atoms with E-state index in [0.717, 1.165) is 16.9 Å². The van der Waals surface area contributed by atoms with E-state index in [-0.39, 0.29) is 17.4 Å². The van der Waals surface area contributed by atoms with E-state index in [2.05, 4.69) is 20.2 Å². The maximum atomic E-state index is 12.7. The SMILES string of the molecule is CCOC(=O)c1sc2nc(C(C)Sc3nnc(-c4ccoc4C)n3N)[nH]c(=O)c2c1C. The average molecular weight is 461 g/mol. The van der Waals surface area contributed by atoms with E-state index in [0.29, 0.717) is 43.2 Å². The lowest BCUT2D eigenvalue weighted by Gasteiger charge is -2.10. The standard InChI is InChI=1S/C19H20N6O4S2/c1-5-28-18(27)13-8(2)12-16(26)21-14(22-17(12)31-13)10(4)30-19-24-23-15(25(19)20)11-6-7-29-9(11)3/h6-7,10H,5,20H2,1-4H3,(H,21,22,26). The van der Waals surface area contributed by atoms with E-state index in [4.69, 9.17) is 15.0 Å². The van der Waals surface area contributed by atoms with Gasteiger partial charge in [0, 0.05) is 0 Å². The molecule has 10 nitrogen and oxygen atoms in total. The third kappa shape index (κ3) is 3.72. The van der Waals surface area contributed by atoms with Crippen LogP contribution in [0.2, 0.25) is 0 Å². The molecule has 0 bridgehead atoms. The number of thiophene rings is 1. The molecule has 0 aromatic carbocycles. The Kier molecular flexibility index (Phi) is 5.58. The molecule has 1 atom stereocenters. The average Bonchev–Trinajstić information content (AvgIpc) is 3.40. The van der Waals surface area contributed by atoms with Crippen LogP contribution in [-0.4, -0.2) is 37.4 Å². The van der Waals surface area contributed by atoms with Crippen LogP contribution >= 0.6 is 23.1 Å². The number of nitrogens with two attached hydrogens (primary N) is 1. The zero-order chi connectivity index (χ0) is 22.3. The lowest BCUT2D eigenvalue weighted by Crippen LogP contribution is -2.14. The first kappa shape index (κ1) is 21.1. The summed E-state index contributed by atoms with van der Waals surface area (Å²) in [5, 5.41) is 8.88. The molecule has 0 aliphatic carbocycles.